The number of nitrogens with zero attached hydrogens (tertiary/aromatic N) is 3. The zero-order chi connectivity index (χ0) is 11.4. The van der Waals surface area contributed by atoms with Gasteiger partial charge in [-0.1, -0.05) is 23.9 Å². The molecule has 82 valence electrons. The molecule has 0 aliphatic heterocycles. The van der Waals surface area contributed by atoms with Crippen LogP contribution in [0.1, 0.15) is 11.3 Å². The maximum atomic E-state index is 12.9. The van der Waals surface area contributed by atoms with Crippen molar-refractivity contribution >= 4 is 11.8 Å². The Bertz CT molecular complexity index is 445. The second kappa shape index (κ2) is 5.03. The lowest BCUT2D eigenvalue weighted by molar-refractivity contribution is 0.626. The van der Waals surface area contributed by atoms with E-state index in [9.17, 15) is 4.39 Å². The molecule has 0 aliphatic rings. The highest BCUT2D eigenvalue weighted by Gasteiger charge is 2.01. The van der Waals surface area contributed by atoms with Crippen LogP contribution in [0.25, 0.3) is 0 Å². The van der Waals surface area contributed by atoms with Crippen molar-refractivity contribution < 1.29 is 4.39 Å². The van der Waals surface area contributed by atoms with Gasteiger partial charge in [-0.25, -0.2) is 9.37 Å². The van der Waals surface area contributed by atoms with E-state index in [1.165, 1.54) is 23.9 Å². The Kier molecular flexibility index (Phi) is 3.46. The molecule has 0 N–H and O–H groups in total. The van der Waals surface area contributed by atoms with Crippen LogP contribution in [0, 0.1) is 12.7 Å². The van der Waals surface area contributed by atoms with Gasteiger partial charge in [-0.3, -0.25) is 0 Å². The van der Waals surface area contributed by atoms with E-state index in [-0.39, 0.29) is 5.82 Å². The summed E-state index contributed by atoms with van der Waals surface area (Å²) in [4.78, 5) is 4.21. The van der Waals surface area contributed by atoms with Gasteiger partial charge in [0.2, 0.25) is 5.16 Å². The number of rotatable bonds is 3. The van der Waals surface area contributed by atoms with Crippen LogP contribution in [0.4, 0.5) is 4.39 Å². The molecule has 0 aliphatic carbocycles. The van der Waals surface area contributed by atoms with E-state index in [1.54, 1.807) is 12.3 Å². The first-order valence-electron chi connectivity index (χ1n) is 4.77. The van der Waals surface area contributed by atoms with Gasteiger partial charge in [0.05, 0.1) is 11.9 Å². The van der Waals surface area contributed by atoms with E-state index in [2.05, 4.69) is 15.2 Å². The van der Waals surface area contributed by atoms with Crippen molar-refractivity contribution in [3.8, 4) is 0 Å². The highest BCUT2D eigenvalue weighted by atomic mass is 32.2. The lowest BCUT2D eigenvalue weighted by Crippen LogP contribution is -1.93. The molecule has 0 amide bonds. The number of halogens is 1. The first-order chi connectivity index (χ1) is 7.74. The molecule has 0 saturated carbocycles. The fraction of sp³-hybridized carbons (Fsp3) is 0.182. The number of thioether (sulfide) groups is 1. The second-order valence-corrected chi connectivity index (χ2v) is 4.24. The third-order valence-corrected chi connectivity index (χ3v) is 2.83. The Balaban J connectivity index is 2.02. The fourth-order valence-corrected chi connectivity index (χ4v) is 1.99. The molecule has 1 aromatic carbocycles. The molecular formula is C11H10FN3S. The van der Waals surface area contributed by atoms with Crippen LogP contribution in [0.3, 0.4) is 0 Å². The zero-order valence-electron chi connectivity index (χ0n) is 8.72. The molecule has 5 heteroatoms. The van der Waals surface area contributed by atoms with E-state index in [0.717, 1.165) is 11.3 Å². The number of aryl methyl sites for hydroxylation is 1. The van der Waals surface area contributed by atoms with Gasteiger partial charge >= 0.3 is 0 Å². The van der Waals surface area contributed by atoms with Crippen LogP contribution in [0.15, 0.2) is 35.6 Å². The average molecular weight is 235 g/mol. The molecule has 0 atom stereocenters. The minimum atomic E-state index is -0.221. The van der Waals surface area contributed by atoms with Crippen molar-refractivity contribution in [3.63, 3.8) is 0 Å². The number of hydrogen-bond acceptors (Lipinski definition) is 4. The fourth-order valence-electron chi connectivity index (χ4n) is 1.20. The van der Waals surface area contributed by atoms with Crippen LogP contribution in [-0.4, -0.2) is 15.2 Å². The monoisotopic (exact) mass is 235 g/mol. The molecule has 0 spiro atoms. The first kappa shape index (κ1) is 11.0. The highest BCUT2D eigenvalue weighted by Crippen LogP contribution is 2.18. The molecule has 2 aromatic rings. The summed E-state index contributed by atoms with van der Waals surface area (Å²) in [5, 5.41) is 8.31. The minimum absolute atomic E-state index is 0.221. The van der Waals surface area contributed by atoms with Gasteiger partial charge in [0, 0.05) is 5.75 Å². The van der Waals surface area contributed by atoms with Crippen LogP contribution in [0.5, 0.6) is 0 Å². The molecular weight excluding hydrogens is 225 g/mol. The van der Waals surface area contributed by atoms with E-state index in [1.807, 2.05) is 13.0 Å². The summed E-state index contributed by atoms with van der Waals surface area (Å²) in [6.07, 6.45) is 1.60. The van der Waals surface area contributed by atoms with Gasteiger partial charge in [0.1, 0.15) is 5.82 Å². The Morgan fingerprint density at radius 2 is 2.25 bits per heavy atom. The van der Waals surface area contributed by atoms with Gasteiger partial charge in [-0.2, -0.15) is 5.10 Å². The van der Waals surface area contributed by atoms with Gasteiger partial charge in [0.15, 0.2) is 0 Å². The molecule has 0 saturated heterocycles. The second-order valence-electron chi connectivity index (χ2n) is 3.30. The number of hydrogen-bond donors (Lipinski definition) is 0. The normalized spacial score (nSPS) is 10.4. The van der Waals surface area contributed by atoms with Crippen molar-refractivity contribution in [1.29, 1.82) is 0 Å². The summed E-state index contributed by atoms with van der Waals surface area (Å²) >= 11 is 1.44. The van der Waals surface area contributed by atoms with Crippen molar-refractivity contribution in [1.82, 2.24) is 15.2 Å². The van der Waals surface area contributed by atoms with Crippen molar-refractivity contribution in [2.45, 2.75) is 17.8 Å². The summed E-state index contributed by atoms with van der Waals surface area (Å²) in [6, 6.07) is 6.51. The SMILES string of the molecule is Cc1cnnc(SCc2cccc(F)c2)n1. The summed E-state index contributed by atoms with van der Waals surface area (Å²) in [6.45, 7) is 1.86. The lowest BCUT2D eigenvalue weighted by Gasteiger charge is -2.00. The molecule has 16 heavy (non-hydrogen) atoms. The standard InChI is InChI=1S/C11H10FN3S/c1-8-6-13-15-11(14-8)16-7-9-3-2-4-10(12)5-9/h2-6H,7H2,1H3. The maximum Gasteiger partial charge on any atom is 0.209 e. The molecule has 3 nitrogen and oxygen atoms in total. The third kappa shape index (κ3) is 3.00. The Hall–Kier alpha value is -1.49. The summed E-state index contributed by atoms with van der Waals surface area (Å²) in [5.74, 6) is 0.421. The predicted octanol–water partition coefficient (Wildman–Crippen LogP) is 2.61. The predicted molar refractivity (Wildman–Crippen MR) is 60.5 cm³/mol. The van der Waals surface area contributed by atoms with E-state index >= 15 is 0 Å². The molecule has 1 heterocycles. The molecule has 1 aromatic heterocycles. The topological polar surface area (TPSA) is 38.7 Å². The molecule has 0 fully saturated rings. The zero-order valence-corrected chi connectivity index (χ0v) is 9.54. The van der Waals surface area contributed by atoms with Crippen molar-refractivity contribution in [2.24, 2.45) is 0 Å². The van der Waals surface area contributed by atoms with Crippen LogP contribution >= 0.6 is 11.8 Å². The maximum absolute atomic E-state index is 12.9. The summed E-state index contributed by atoms with van der Waals surface area (Å²) < 4.78 is 12.9. The van der Waals surface area contributed by atoms with Gasteiger partial charge in [-0.05, 0) is 24.6 Å². The quantitative estimate of drug-likeness (QED) is 0.766. The van der Waals surface area contributed by atoms with Crippen molar-refractivity contribution in [2.75, 3.05) is 0 Å². The van der Waals surface area contributed by atoms with Gasteiger partial charge in [-0.15, -0.1) is 5.10 Å². The molecule has 0 radical (unpaired) electrons. The van der Waals surface area contributed by atoms with Gasteiger partial charge < -0.3 is 0 Å². The largest absolute Gasteiger partial charge is 0.225 e. The van der Waals surface area contributed by atoms with Crippen LogP contribution in [-0.2, 0) is 5.75 Å². The molecule has 0 unspecified atom stereocenters. The van der Waals surface area contributed by atoms with E-state index in [4.69, 9.17) is 0 Å². The smallest absolute Gasteiger partial charge is 0.209 e. The highest BCUT2D eigenvalue weighted by molar-refractivity contribution is 7.98. The first-order valence-corrected chi connectivity index (χ1v) is 5.76. The van der Waals surface area contributed by atoms with Crippen molar-refractivity contribution in [3.05, 3.63) is 47.5 Å². The number of aromatic nitrogens is 3. The molecule has 2 rings (SSSR count). The third-order valence-electron chi connectivity index (χ3n) is 1.92. The van der Waals surface area contributed by atoms with E-state index in [0.29, 0.717) is 10.9 Å². The van der Waals surface area contributed by atoms with Crippen LogP contribution in [0.2, 0.25) is 0 Å². The van der Waals surface area contributed by atoms with Gasteiger partial charge in [0.25, 0.3) is 0 Å². The summed E-state index contributed by atoms with van der Waals surface area (Å²) in [7, 11) is 0. The minimum Gasteiger partial charge on any atom is -0.225 e. The van der Waals surface area contributed by atoms with E-state index < -0.39 is 0 Å². The lowest BCUT2D eigenvalue weighted by atomic mass is 10.2. The Labute approximate surface area is 97.1 Å². The average Bonchev–Trinajstić information content (AvgIpc) is 2.27. The Morgan fingerprint density at radius 1 is 1.38 bits per heavy atom. The Morgan fingerprint density at radius 3 is 3.00 bits per heavy atom. The molecule has 0 bridgehead atoms. The van der Waals surface area contributed by atoms with Crippen LogP contribution < -0.4 is 0 Å². The number of benzene rings is 1. The summed E-state index contributed by atoms with van der Waals surface area (Å²) in [5.41, 5.74) is 1.74.